The number of amides is 4. The molecule has 1 aliphatic heterocycles. The van der Waals surface area contributed by atoms with Crippen molar-refractivity contribution in [2.45, 2.75) is 114 Å². The van der Waals surface area contributed by atoms with E-state index in [1.807, 2.05) is 0 Å². The molecule has 0 bridgehead atoms. The Hall–Kier alpha value is -2.97. The molecule has 2 aliphatic rings. The van der Waals surface area contributed by atoms with Crippen LogP contribution in [0.15, 0.2) is 24.3 Å². The number of nitrogens with zero attached hydrogens (tertiary/aromatic N) is 1. The molecule has 3 rings (SSSR count). The fourth-order valence-electron chi connectivity index (χ4n) is 6.57. The molecule has 274 valence electrons. The van der Waals surface area contributed by atoms with Crippen LogP contribution in [0.4, 0.5) is 0 Å². The van der Waals surface area contributed by atoms with Crippen LogP contribution in [-0.4, -0.2) is 106 Å². The second-order valence-corrected chi connectivity index (χ2v) is 16.9. The summed E-state index contributed by atoms with van der Waals surface area (Å²) >= 11 is 3.00. The highest BCUT2D eigenvalue weighted by Gasteiger charge is 2.43. The van der Waals surface area contributed by atoms with Crippen molar-refractivity contribution in [2.75, 3.05) is 37.6 Å². The Labute approximate surface area is 299 Å². The number of thioether (sulfide) groups is 2. The average molecular weight is 722 g/mol. The molecule has 49 heavy (non-hydrogen) atoms. The van der Waals surface area contributed by atoms with E-state index < -0.39 is 24.0 Å². The lowest BCUT2D eigenvalue weighted by molar-refractivity contribution is -0.143. The third-order valence-corrected chi connectivity index (χ3v) is 11.4. The predicted molar refractivity (Wildman–Crippen MR) is 194 cm³/mol. The van der Waals surface area contributed by atoms with Crippen LogP contribution in [0.1, 0.15) is 91.0 Å². The van der Waals surface area contributed by atoms with Gasteiger partial charge in [0.15, 0.2) is 0 Å². The number of likely N-dealkylation sites (tertiary alicyclic amines) is 1. The molecule has 1 saturated heterocycles. The maximum absolute atomic E-state index is 13.9. The van der Waals surface area contributed by atoms with Gasteiger partial charge in [0, 0.05) is 54.6 Å². The number of carbonyl (C=O) groups is 5. The number of hydrogen-bond donors (Lipinski definition) is 5. The highest BCUT2D eigenvalue weighted by Crippen LogP contribution is 2.35. The molecule has 1 aromatic carbocycles. The lowest BCUT2D eigenvalue weighted by atomic mass is 9.78. The van der Waals surface area contributed by atoms with Gasteiger partial charge in [0.1, 0.15) is 23.9 Å². The van der Waals surface area contributed by atoms with Gasteiger partial charge in [0.25, 0.3) is 0 Å². The highest BCUT2D eigenvalue weighted by molar-refractivity contribution is 8.00. The molecule has 4 unspecified atom stereocenters. The van der Waals surface area contributed by atoms with E-state index in [0.717, 1.165) is 37.7 Å². The van der Waals surface area contributed by atoms with Gasteiger partial charge >= 0.3 is 5.97 Å². The van der Waals surface area contributed by atoms with Gasteiger partial charge in [0.2, 0.25) is 23.6 Å². The Balaban J connectivity index is 1.74. The first kappa shape index (κ1) is 40.5. The summed E-state index contributed by atoms with van der Waals surface area (Å²) in [4.78, 5) is 66.0. The maximum Gasteiger partial charge on any atom is 0.323 e. The number of aromatic hydroxyl groups is 1. The van der Waals surface area contributed by atoms with Crippen molar-refractivity contribution in [3.05, 3.63) is 29.8 Å². The number of benzene rings is 1. The van der Waals surface area contributed by atoms with Gasteiger partial charge in [-0.25, -0.2) is 0 Å². The van der Waals surface area contributed by atoms with Gasteiger partial charge in [-0.1, -0.05) is 52.2 Å². The van der Waals surface area contributed by atoms with E-state index in [-0.39, 0.29) is 57.3 Å². The van der Waals surface area contributed by atoms with Gasteiger partial charge in [-0.2, -0.15) is 11.8 Å². The van der Waals surface area contributed by atoms with Crippen molar-refractivity contribution >= 4 is 53.1 Å². The van der Waals surface area contributed by atoms with Crippen molar-refractivity contribution in [1.82, 2.24) is 26.2 Å². The van der Waals surface area contributed by atoms with E-state index in [2.05, 4.69) is 42.0 Å². The molecule has 1 heterocycles. The fraction of sp³-hybridized carbons (Fsp3) is 0.686. The Bertz CT molecular complexity index is 1280. The number of phenolic OH excluding ortho intramolecular Hbond substituents is 1. The number of esters is 1. The number of hydrogen-bond acceptors (Lipinski definition) is 10. The highest BCUT2D eigenvalue weighted by atomic mass is 32.2. The van der Waals surface area contributed by atoms with Crippen LogP contribution in [0.2, 0.25) is 0 Å². The van der Waals surface area contributed by atoms with E-state index in [0.29, 0.717) is 31.7 Å². The van der Waals surface area contributed by atoms with Crippen LogP contribution in [-0.2, 0) is 28.7 Å². The summed E-state index contributed by atoms with van der Waals surface area (Å²) in [6.07, 6.45) is 6.02. The van der Waals surface area contributed by atoms with Crippen LogP contribution in [0, 0.1) is 0 Å². The predicted octanol–water partition coefficient (Wildman–Crippen LogP) is 3.28. The SMILES string of the molecule is COC(=O)C(CSC(C)(C)C)NC1(CCNC(=O)C(CSCNC(C)=O)NC(=O)C2C(c3ccc(O)cc3)CCN2C(C)=O)CCCCC1. The first-order valence-corrected chi connectivity index (χ1v) is 19.2. The van der Waals surface area contributed by atoms with Gasteiger partial charge in [-0.05, 0) is 43.4 Å². The van der Waals surface area contributed by atoms with E-state index in [4.69, 9.17) is 4.74 Å². The average Bonchev–Trinajstić information content (AvgIpc) is 3.50. The minimum Gasteiger partial charge on any atom is -0.508 e. The van der Waals surface area contributed by atoms with Crippen LogP contribution >= 0.6 is 23.5 Å². The van der Waals surface area contributed by atoms with Gasteiger partial charge in [0.05, 0.1) is 13.0 Å². The molecular formula is C35H55N5O7S2. The molecule has 14 heteroatoms. The molecule has 4 amide bonds. The van der Waals surface area contributed by atoms with Gasteiger partial charge < -0.3 is 30.7 Å². The van der Waals surface area contributed by atoms with Crippen LogP contribution < -0.4 is 21.3 Å². The molecule has 1 aliphatic carbocycles. The Morgan fingerprint density at radius 3 is 2.27 bits per heavy atom. The Morgan fingerprint density at radius 2 is 1.67 bits per heavy atom. The number of rotatable bonds is 16. The normalized spacial score (nSPS) is 20.2. The summed E-state index contributed by atoms with van der Waals surface area (Å²) in [6.45, 7) is 9.89. The molecule has 0 spiro atoms. The maximum atomic E-state index is 13.9. The van der Waals surface area contributed by atoms with Crippen LogP contribution in [0.5, 0.6) is 5.75 Å². The number of ether oxygens (including phenoxy) is 1. The van der Waals surface area contributed by atoms with E-state index >= 15 is 0 Å². The summed E-state index contributed by atoms with van der Waals surface area (Å²) in [5.74, 6) is -0.715. The van der Waals surface area contributed by atoms with Crippen molar-refractivity contribution < 1.29 is 33.8 Å². The zero-order valence-corrected chi connectivity index (χ0v) is 31.4. The fourth-order valence-corrected chi connectivity index (χ4v) is 8.35. The van der Waals surface area contributed by atoms with Crippen LogP contribution in [0.25, 0.3) is 0 Å². The summed E-state index contributed by atoms with van der Waals surface area (Å²) in [6, 6.07) is 4.37. The summed E-state index contributed by atoms with van der Waals surface area (Å²) < 4.78 is 5.13. The molecule has 0 radical (unpaired) electrons. The third kappa shape index (κ3) is 12.7. The number of carbonyl (C=O) groups excluding carboxylic acids is 5. The largest absolute Gasteiger partial charge is 0.508 e. The first-order chi connectivity index (χ1) is 23.1. The minimum absolute atomic E-state index is 0.0247. The van der Waals surface area contributed by atoms with Crippen molar-refractivity contribution in [2.24, 2.45) is 0 Å². The van der Waals surface area contributed by atoms with Gasteiger partial charge in [-0.15, -0.1) is 11.8 Å². The Kier molecular flexibility index (Phi) is 15.6. The van der Waals surface area contributed by atoms with E-state index in [1.165, 1.54) is 37.6 Å². The summed E-state index contributed by atoms with van der Waals surface area (Å²) in [5.41, 5.74) is 0.462. The monoisotopic (exact) mass is 721 g/mol. The molecule has 1 saturated carbocycles. The number of methoxy groups -OCH3 is 1. The second-order valence-electron chi connectivity index (χ2n) is 14.0. The molecule has 12 nitrogen and oxygen atoms in total. The first-order valence-electron chi connectivity index (χ1n) is 17.1. The molecule has 2 fully saturated rings. The van der Waals surface area contributed by atoms with Crippen LogP contribution in [0.3, 0.4) is 0 Å². The topological polar surface area (TPSA) is 166 Å². The third-order valence-electron chi connectivity index (χ3n) is 9.10. The standard InChI is InChI=1S/C35H55N5O7S2/c1-23(41)37-22-48-20-28(38-32(45)30-27(14-19-40(30)24(2)42)25-10-12-26(43)13-11-25)31(44)36-18-17-35(15-8-7-9-16-35)39-29(33(46)47-6)21-49-34(3,4)5/h10-13,27-30,39,43H,7-9,14-22H2,1-6H3,(H,36,44)(H,37,41)(H,38,45). The molecule has 5 N–H and O–H groups in total. The lowest BCUT2D eigenvalue weighted by Crippen LogP contribution is -2.58. The molecule has 4 atom stereocenters. The zero-order valence-electron chi connectivity index (χ0n) is 29.8. The molecular weight excluding hydrogens is 667 g/mol. The van der Waals surface area contributed by atoms with E-state index in [1.54, 1.807) is 36.0 Å². The van der Waals surface area contributed by atoms with Crippen molar-refractivity contribution in [3.63, 3.8) is 0 Å². The summed E-state index contributed by atoms with van der Waals surface area (Å²) in [7, 11) is 1.40. The minimum atomic E-state index is -0.928. The lowest BCUT2D eigenvalue weighted by Gasteiger charge is -2.41. The van der Waals surface area contributed by atoms with Crippen molar-refractivity contribution in [1.29, 1.82) is 0 Å². The number of phenols is 1. The van der Waals surface area contributed by atoms with Crippen molar-refractivity contribution in [3.8, 4) is 5.75 Å². The number of nitrogens with one attached hydrogen (secondary N) is 4. The summed E-state index contributed by atoms with van der Waals surface area (Å²) in [5, 5.41) is 22.1. The van der Waals surface area contributed by atoms with E-state index in [9.17, 15) is 29.1 Å². The van der Waals surface area contributed by atoms with Gasteiger partial charge in [-0.3, -0.25) is 29.3 Å². The quantitative estimate of drug-likeness (QED) is 0.0972. The zero-order chi connectivity index (χ0) is 36.2. The smallest absolute Gasteiger partial charge is 0.323 e. The Morgan fingerprint density at radius 1 is 1.00 bits per heavy atom. The second kappa shape index (κ2) is 18.9. The molecule has 0 aromatic heterocycles. The molecule has 1 aromatic rings.